The Kier molecular flexibility index (Phi) is 5.80. The summed E-state index contributed by atoms with van der Waals surface area (Å²) in [6.07, 6.45) is -1.31. The van der Waals surface area contributed by atoms with Crippen LogP contribution in [0.3, 0.4) is 0 Å². The van der Waals surface area contributed by atoms with Gasteiger partial charge in [-0.05, 0) is 66.4 Å². The number of hydrogen-bond acceptors (Lipinski definition) is 4. The minimum atomic E-state index is -4.43. The first-order chi connectivity index (χ1) is 16.8. The third-order valence-electron chi connectivity index (χ3n) is 6.04. The molecule has 3 amide bonds. The maximum atomic E-state index is 12.8. The number of fused-ring (bicyclic) bond motifs is 2. The molecule has 0 atom stereocenters. The van der Waals surface area contributed by atoms with Crippen LogP contribution in [0.25, 0.3) is 0 Å². The summed E-state index contributed by atoms with van der Waals surface area (Å²) >= 11 is 0. The topological polar surface area (TPSA) is 83.6 Å². The number of rotatable bonds is 3. The predicted octanol–water partition coefficient (Wildman–Crippen LogP) is 5.37. The molecule has 180 valence electrons. The average Bonchev–Trinajstić information content (AvgIpc) is 2.83. The summed E-state index contributed by atoms with van der Waals surface area (Å²) in [6.45, 7) is 0.820. The zero-order valence-corrected chi connectivity index (χ0v) is 18.5. The molecule has 2 N–H and O–H groups in total. The Bertz CT molecular complexity index is 1290. The normalized spacial score (nSPS) is 15.1. The quantitative estimate of drug-likeness (QED) is 0.526. The fourth-order valence-corrected chi connectivity index (χ4v) is 4.20. The Morgan fingerprint density at radius 3 is 2.60 bits per heavy atom. The van der Waals surface area contributed by atoms with Crippen LogP contribution in [-0.2, 0) is 30.4 Å². The number of ether oxygens (including phenoxy) is 1. The largest absolute Gasteiger partial charge is 0.457 e. The molecule has 0 saturated heterocycles. The van der Waals surface area contributed by atoms with Crippen LogP contribution < -0.4 is 15.4 Å². The van der Waals surface area contributed by atoms with E-state index < -0.39 is 11.7 Å². The van der Waals surface area contributed by atoms with Gasteiger partial charge in [0.1, 0.15) is 17.3 Å². The van der Waals surface area contributed by atoms with Gasteiger partial charge in [-0.25, -0.2) is 9.78 Å². The van der Waals surface area contributed by atoms with Crippen LogP contribution in [0.5, 0.6) is 11.5 Å². The lowest BCUT2D eigenvalue weighted by molar-refractivity contribution is -0.137. The van der Waals surface area contributed by atoms with Crippen LogP contribution in [0, 0.1) is 0 Å². The summed E-state index contributed by atoms with van der Waals surface area (Å²) in [5, 5.41) is 5.41. The number of nitrogens with zero attached hydrogens (tertiary/aromatic N) is 2. The number of urea groups is 1. The summed E-state index contributed by atoms with van der Waals surface area (Å²) < 4.78 is 44.4. The first-order valence-electron chi connectivity index (χ1n) is 11.1. The summed E-state index contributed by atoms with van der Waals surface area (Å²) in [4.78, 5) is 30.2. The molecule has 7 nitrogen and oxygen atoms in total. The molecule has 2 aliphatic heterocycles. The van der Waals surface area contributed by atoms with Crippen molar-refractivity contribution < 1.29 is 27.5 Å². The van der Waals surface area contributed by atoms with Crippen molar-refractivity contribution in [3.63, 3.8) is 0 Å². The van der Waals surface area contributed by atoms with Gasteiger partial charge in [0.15, 0.2) is 0 Å². The van der Waals surface area contributed by atoms with Gasteiger partial charge in [-0.3, -0.25) is 4.79 Å². The van der Waals surface area contributed by atoms with Crippen molar-refractivity contribution in [3.05, 3.63) is 77.0 Å². The van der Waals surface area contributed by atoms with Crippen LogP contribution in [0.2, 0.25) is 0 Å². The molecule has 2 aliphatic rings. The monoisotopic (exact) mass is 482 g/mol. The number of aromatic nitrogens is 1. The summed E-state index contributed by atoms with van der Waals surface area (Å²) in [5.74, 6) is 1.63. The molecule has 0 bridgehead atoms. The number of alkyl halides is 3. The van der Waals surface area contributed by atoms with E-state index in [9.17, 15) is 22.8 Å². The summed E-state index contributed by atoms with van der Waals surface area (Å²) in [5.41, 5.74) is 2.38. The lowest BCUT2D eigenvalue weighted by atomic mass is 9.99. The molecule has 3 heterocycles. The number of benzene rings is 2. The van der Waals surface area contributed by atoms with Gasteiger partial charge in [0, 0.05) is 37.0 Å². The molecule has 10 heteroatoms. The molecular formula is C25H21F3N4O3. The summed E-state index contributed by atoms with van der Waals surface area (Å²) in [7, 11) is 0. The van der Waals surface area contributed by atoms with E-state index >= 15 is 0 Å². The highest BCUT2D eigenvalue weighted by Gasteiger charge is 2.30. The van der Waals surface area contributed by atoms with E-state index in [0.717, 1.165) is 28.8 Å². The van der Waals surface area contributed by atoms with E-state index in [2.05, 4.69) is 15.6 Å². The maximum Gasteiger partial charge on any atom is 0.416 e. The smallest absolute Gasteiger partial charge is 0.416 e. The Morgan fingerprint density at radius 2 is 1.83 bits per heavy atom. The molecular weight excluding hydrogens is 461 g/mol. The maximum absolute atomic E-state index is 12.8. The fourth-order valence-electron chi connectivity index (χ4n) is 4.20. The first kappa shape index (κ1) is 22.7. The number of carbonyl (C=O) groups excluding carboxylic acids is 2. The highest BCUT2D eigenvalue weighted by molar-refractivity contribution is 5.93. The van der Waals surface area contributed by atoms with Crippen molar-refractivity contribution in [2.24, 2.45) is 0 Å². The van der Waals surface area contributed by atoms with Gasteiger partial charge in [-0.2, -0.15) is 13.2 Å². The second-order valence-electron chi connectivity index (χ2n) is 8.39. The van der Waals surface area contributed by atoms with Gasteiger partial charge in [0.2, 0.25) is 5.91 Å². The number of pyridine rings is 1. The minimum absolute atomic E-state index is 0.0782. The Labute approximate surface area is 198 Å². The molecule has 0 saturated carbocycles. The SMILES string of the molecule is O=C1CCc2c(Oc3ccc4c(c3)CN(C(=O)Nc3ccc(C(F)(F)F)cc3)CC4)ccnc2N1. The molecule has 3 aromatic rings. The van der Waals surface area contributed by atoms with Crippen molar-refractivity contribution in [1.29, 1.82) is 0 Å². The number of carbonyl (C=O) groups is 2. The molecule has 0 radical (unpaired) electrons. The van der Waals surface area contributed by atoms with Crippen molar-refractivity contribution in [1.82, 2.24) is 9.88 Å². The molecule has 5 rings (SSSR count). The highest BCUT2D eigenvalue weighted by atomic mass is 19.4. The number of nitrogens with one attached hydrogen (secondary N) is 2. The van der Waals surface area contributed by atoms with Gasteiger partial charge in [0.05, 0.1) is 5.56 Å². The van der Waals surface area contributed by atoms with E-state index in [1.165, 1.54) is 12.1 Å². The van der Waals surface area contributed by atoms with Crippen LogP contribution in [0.1, 0.15) is 28.7 Å². The van der Waals surface area contributed by atoms with Gasteiger partial charge >= 0.3 is 12.2 Å². The van der Waals surface area contributed by atoms with E-state index in [1.807, 2.05) is 18.2 Å². The van der Waals surface area contributed by atoms with Crippen LogP contribution >= 0.6 is 0 Å². The zero-order chi connectivity index (χ0) is 24.6. The molecule has 1 aromatic heterocycles. The zero-order valence-electron chi connectivity index (χ0n) is 18.5. The Morgan fingerprint density at radius 1 is 1.03 bits per heavy atom. The Balaban J connectivity index is 1.28. The first-order valence-corrected chi connectivity index (χ1v) is 11.1. The third-order valence-corrected chi connectivity index (χ3v) is 6.04. The van der Waals surface area contributed by atoms with E-state index in [1.54, 1.807) is 17.2 Å². The Hall–Kier alpha value is -4.08. The van der Waals surface area contributed by atoms with Gasteiger partial charge in [-0.1, -0.05) is 6.07 Å². The van der Waals surface area contributed by atoms with E-state index in [4.69, 9.17) is 4.74 Å². The molecule has 2 aromatic carbocycles. The van der Waals surface area contributed by atoms with Crippen molar-refractivity contribution in [2.45, 2.75) is 32.0 Å². The molecule has 0 fully saturated rings. The number of amides is 3. The predicted molar refractivity (Wildman–Crippen MR) is 122 cm³/mol. The average molecular weight is 482 g/mol. The lowest BCUT2D eigenvalue weighted by Gasteiger charge is -2.29. The lowest BCUT2D eigenvalue weighted by Crippen LogP contribution is -2.38. The fraction of sp³-hybridized carbons (Fsp3) is 0.240. The highest BCUT2D eigenvalue weighted by Crippen LogP contribution is 2.34. The number of halogens is 3. The van der Waals surface area contributed by atoms with Gasteiger partial charge in [0.25, 0.3) is 0 Å². The second-order valence-corrected chi connectivity index (χ2v) is 8.39. The van der Waals surface area contributed by atoms with Gasteiger partial charge < -0.3 is 20.3 Å². The van der Waals surface area contributed by atoms with Crippen molar-refractivity contribution >= 4 is 23.4 Å². The summed E-state index contributed by atoms with van der Waals surface area (Å²) in [6, 6.07) is 11.4. The standard InChI is InChI=1S/C25H21F3N4O3/c26-25(27,28)17-2-4-18(5-3-17)30-24(34)32-12-10-15-1-6-19(13-16(15)14-32)35-21-9-11-29-23-20(21)7-8-22(33)31-23/h1-6,9,11,13H,7-8,10,12,14H2,(H,30,34)(H,29,31,33). The van der Waals surface area contributed by atoms with Crippen molar-refractivity contribution in [3.8, 4) is 11.5 Å². The molecule has 35 heavy (non-hydrogen) atoms. The third kappa shape index (κ3) is 4.91. The molecule has 0 unspecified atom stereocenters. The van der Waals surface area contributed by atoms with E-state index in [0.29, 0.717) is 55.4 Å². The van der Waals surface area contributed by atoms with Crippen molar-refractivity contribution in [2.75, 3.05) is 17.2 Å². The molecule has 0 spiro atoms. The number of anilines is 2. The van der Waals surface area contributed by atoms with E-state index in [-0.39, 0.29) is 11.9 Å². The van der Waals surface area contributed by atoms with Crippen LogP contribution in [0.4, 0.5) is 29.5 Å². The van der Waals surface area contributed by atoms with Crippen LogP contribution in [-0.4, -0.2) is 28.4 Å². The molecule has 0 aliphatic carbocycles. The van der Waals surface area contributed by atoms with Gasteiger partial charge in [-0.15, -0.1) is 0 Å². The minimum Gasteiger partial charge on any atom is -0.457 e. The van der Waals surface area contributed by atoms with Crippen LogP contribution in [0.15, 0.2) is 54.7 Å². The number of hydrogen-bond donors (Lipinski definition) is 2. The second kappa shape index (κ2) is 8.94.